The standard InChI is InChI=1S/C30H26F3N7O/c1-19-14-25(38-28(15-19)39-27-16-23(8-11-35-27)30(31,32)33)22-6-7-26(36-18-22)37-24-9-12-40(13-10-24)29(41)21-4-2-20(17-34)3-5-21/h2-8,11,14-16,18,24H,9-10,12-13H2,1H3,(H,36,37)(H,35,38,39). The Morgan fingerprint density at radius 2 is 1.73 bits per heavy atom. The number of likely N-dealkylation sites (tertiary alicyclic amines) is 1. The highest BCUT2D eigenvalue weighted by molar-refractivity contribution is 5.94. The van der Waals surface area contributed by atoms with Gasteiger partial charge in [-0.05, 0) is 86.0 Å². The molecule has 0 atom stereocenters. The molecule has 0 radical (unpaired) electrons. The second kappa shape index (κ2) is 11.6. The van der Waals surface area contributed by atoms with Crippen molar-refractivity contribution in [2.45, 2.75) is 32.0 Å². The molecule has 8 nitrogen and oxygen atoms in total. The Morgan fingerprint density at radius 1 is 0.976 bits per heavy atom. The van der Waals surface area contributed by atoms with E-state index < -0.39 is 11.7 Å². The molecule has 4 aromatic rings. The minimum atomic E-state index is -4.47. The number of amides is 1. The molecule has 208 valence electrons. The molecular formula is C30H26F3N7O. The van der Waals surface area contributed by atoms with E-state index in [1.54, 1.807) is 36.5 Å². The van der Waals surface area contributed by atoms with Gasteiger partial charge >= 0.3 is 6.18 Å². The molecule has 0 saturated carbocycles. The molecule has 0 aliphatic carbocycles. The van der Waals surface area contributed by atoms with Gasteiger partial charge in [-0.2, -0.15) is 18.4 Å². The van der Waals surface area contributed by atoms with Crippen molar-refractivity contribution in [1.82, 2.24) is 19.9 Å². The first-order valence-corrected chi connectivity index (χ1v) is 13.0. The van der Waals surface area contributed by atoms with Crippen LogP contribution in [0.25, 0.3) is 11.3 Å². The van der Waals surface area contributed by atoms with Gasteiger partial charge in [0.25, 0.3) is 5.91 Å². The van der Waals surface area contributed by atoms with Crippen molar-refractivity contribution >= 4 is 23.4 Å². The van der Waals surface area contributed by atoms with Crippen molar-refractivity contribution in [1.29, 1.82) is 5.26 Å². The minimum Gasteiger partial charge on any atom is -0.367 e. The Bertz CT molecular complexity index is 1570. The molecule has 1 aliphatic heterocycles. The first kappa shape index (κ1) is 27.6. The van der Waals surface area contributed by atoms with Crippen LogP contribution in [0.5, 0.6) is 0 Å². The molecule has 0 spiro atoms. The number of pyridine rings is 3. The van der Waals surface area contributed by atoms with Crippen LogP contribution in [0.15, 0.2) is 73.1 Å². The lowest BCUT2D eigenvalue weighted by Crippen LogP contribution is -2.42. The van der Waals surface area contributed by atoms with E-state index >= 15 is 0 Å². The van der Waals surface area contributed by atoms with Gasteiger partial charge < -0.3 is 15.5 Å². The van der Waals surface area contributed by atoms with Crippen molar-refractivity contribution < 1.29 is 18.0 Å². The Labute approximate surface area is 234 Å². The minimum absolute atomic E-state index is 0.0428. The van der Waals surface area contributed by atoms with E-state index in [1.807, 2.05) is 30.0 Å². The summed E-state index contributed by atoms with van der Waals surface area (Å²) in [7, 11) is 0. The van der Waals surface area contributed by atoms with E-state index in [9.17, 15) is 18.0 Å². The Morgan fingerprint density at radius 3 is 2.39 bits per heavy atom. The second-order valence-corrected chi connectivity index (χ2v) is 9.80. The average molecular weight is 558 g/mol. The van der Waals surface area contributed by atoms with Gasteiger partial charge in [-0.25, -0.2) is 15.0 Å². The second-order valence-electron chi connectivity index (χ2n) is 9.80. The van der Waals surface area contributed by atoms with Crippen molar-refractivity contribution in [3.8, 4) is 17.3 Å². The van der Waals surface area contributed by atoms with Crippen molar-refractivity contribution in [3.63, 3.8) is 0 Å². The van der Waals surface area contributed by atoms with Gasteiger partial charge in [0.05, 0.1) is 22.9 Å². The number of anilines is 3. The number of aryl methyl sites for hydroxylation is 1. The number of carbonyl (C=O) groups is 1. The number of hydrogen-bond donors (Lipinski definition) is 2. The SMILES string of the molecule is Cc1cc(Nc2cc(C(F)(F)F)ccn2)nc(-c2ccc(NC3CCN(C(=O)c4ccc(C#N)cc4)CC3)nc2)c1. The summed E-state index contributed by atoms with van der Waals surface area (Å²) < 4.78 is 39.2. The number of benzene rings is 1. The Kier molecular flexibility index (Phi) is 7.83. The average Bonchev–Trinajstić information content (AvgIpc) is 2.97. The van der Waals surface area contributed by atoms with Crippen LogP contribution in [0.3, 0.4) is 0 Å². The molecule has 11 heteroatoms. The fraction of sp³-hybridized carbons (Fsp3) is 0.233. The predicted octanol–water partition coefficient (Wildman–Crippen LogP) is 6.20. The molecule has 1 fully saturated rings. The van der Waals surface area contributed by atoms with Crippen LogP contribution < -0.4 is 10.6 Å². The van der Waals surface area contributed by atoms with Crippen LogP contribution in [-0.4, -0.2) is 44.9 Å². The fourth-order valence-electron chi connectivity index (χ4n) is 4.62. The van der Waals surface area contributed by atoms with E-state index in [1.165, 1.54) is 0 Å². The van der Waals surface area contributed by atoms with Crippen LogP contribution >= 0.6 is 0 Å². The van der Waals surface area contributed by atoms with Gasteiger partial charge in [-0.3, -0.25) is 4.79 Å². The van der Waals surface area contributed by atoms with E-state index in [0.717, 1.165) is 42.3 Å². The number of nitriles is 1. The lowest BCUT2D eigenvalue weighted by atomic mass is 10.0. The summed E-state index contributed by atoms with van der Waals surface area (Å²) in [5.41, 5.74) is 2.54. The molecular weight excluding hydrogens is 531 g/mol. The van der Waals surface area contributed by atoms with Crippen molar-refractivity contribution in [2.24, 2.45) is 0 Å². The number of aromatic nitrogens is 3. The normalized spacial score (nSPS) is 13.9. The molecule has 1 aromatic carbocycles. The summed E-state index contributed by atoms with van der Waals surface area (Å²) in [6.07, 6.45) is -0.131. The van der Waals surface area contributed by atoms with Gasteiger partial charge in [-0.1, -0.05) is 0 Å². The zero-order valence-electron chi connectivity index (χ0n) is 22.1. The highest BCUT2D eigenvalue weighted by atomic mass is 19.4. The zero-order chi connectivity index (χ0) is 29.0. The summed E-state index contributed by atoms with van der Waals surface area (Å²) >= 11 is 0. The van der Waals surface area contributed by atoms with E-state index in [-0.39, 0.29) is 17.8 Å². The number of carbonyl (C=O) groups excluding carboxylic acids is 1. The molecule has 2 N–H and O–H groups in total. The van der Waals surface area contributed by atoms with Crippen molar-refractivity contribution in [2.75, 3.05) is 23.7 Å². The van der Waals surface area contributed by atoms with Crippen LogP contribution in [0, 0.1) is 18.3 Å². The number of hydrogen-bond acceptors (Lipinski definition) is 7. The lowest BCUT2D eigenvalue weighted by Gasteiger charge is -2.32. The molecule has 1 saturated heterocycles. The summed E-state index contributed by atoms with van der Waals surface area (Å²) in [6, 6.07) is 18.1. The van der Waals surface area contributed by atoms with E-state index in [0.29, 0.717) is 41.5 Å². The molecule has 3 aromatic heterocycles. The monoisotopic (exact) mass is 557 g/mol. The first-order valence-electron chi connectivity index (χ1n) is 13.0. The summed E-state index contributed by atoms with van der Waals surface area (Å²) in [5.74, 6) is 1.08. The van der Waals surface area contributed by atoms with Gasteiger partial charge in [0, 0.05) is 42.7 Å². The number of nitrogens with one attached hydrogen (secondary N) is 2. The maximum atomic E-state index is 13.1. The molecule has 4 heterocycles. The largest absolute Gasteiger partial charge is 0.416 e. The van der Waals surface area contributed by atoms with Crippen LogP contribution in [0.4, 0.5) is 30.6 Å². The van der Waals surface area contributed by atoms with Gasteiger partial charge in [0.15, 0.2) is 0 Å². The highest BCUT2D eigenvalue weighted by Crippen LogP contribution is 2.31. The number of halogens is 3. The van der Waals surface area contributed by atoms with Crippen LogP contribution in [-0.2, 0) is 6.18 Å². The summed E-state index contributed by atoms with van der Waals surface area (Å²) in [4.78, 5) is 27.7. The molecule has 0 bridgehead atoms. The van der Waals surface area contributed by atoms with Crippen LogP contribution in [0.1, 0.15) is 39.9 Å². The summed E-state index contributed by atoms with van der Waals surface area (Å²) in [6.45, 7) is 3.09. The van der Waals surface area contributed by atoms with E-state index in [4.69, 9.17) is 5.26 Å². The third-order valence-corrected chi connectivity index (χ3v) is 6.77. The molecule has 41 heavy (non-hydrogen) atoms. The Hall–Kier alpha value is -4.98. The Balaban J connectivity index is 1.19. The van der Waals surface area contributed by atoms with Crippen LogP contribution in [0.2, 0.25) is 0 Å². The molecule has 0 unspecified atom stereocenters. The quantitative estimate of drug-likeness (QED) is 0.291. The first-order chi connectivity index (χ1) is 19.7. The maximum Gasteiger partial charge on any atom is 0.416 e. The van der Waals surface area contributed by atoms with E-state index in [2.05, 4.69) is 31.7 Å². The fourth-order valence-corrected chi connectivity index (χ4v) is 4.62. The number of piperidine rings is 1. The van der Waals surface area contributed by atoms with Gasteiger partial charge in [-0.15, -0.1) is 0 Å². The lowest BCUT2D eigenvalue weighted by molar-refractivity contribution is -0.137. The van der Waals surface area contributed by atoms with Gasteiger partial charge in [0.1, 0.15) is 17.5 Å². The highest BCUT2D eigenvalue weighted by Gasteiger charge is 2.30. The summed E-state index contributed by atoms with van der Waals surface area (Å²) in [5, 5.41) is 15.2. The third kappa shape index (κ3) is 6.78. The van der Waals surface area contributed by atoms with Crippen molar-refractivity contribution in [3.05, 3.63) is 95.3 Å². The zero-order valence-corrected chi connectivity index (χ0v) is 22.1. The maximum absolute atomic E-state index is 13.1. The number of alkyl halides is 3. The molecule has 1 amide bonds. The number of nitrogens with zero attached hydrogens (tertiary/aromatic N) is 5. The molecule has 1 aliphatic rings. The smallest absolute Gasteiger partial charge is 0.367 e. The predicted molar refractivity (Wildman–Crippen MR) is 148 cm³/mol. The number of rotatable bonds is 6. The topological polar surface area (TPSA) is 107 Å². The third-order valence-electron chi connectivity index (χ3n) is 6.77. The van der Waals surface area contributed by atoms with Gasteiger partial charge in [0.2, 0.25) is 0 Å². The molecule has 5 rings (SSSR count).